The second-order valence-electron chi connectivity index (χ2n) is 4.44. The van der Waals surface area contributed by atoms with Crippen LogP contribution in [0, 0.1) is 0 Å². The maximum Gasteiger partial charge on any atom is 0.202 e. The Bertz CT molecular complexity index is 844. The number of anilines is 1. The molecule has 22 heavy (non-hydrogen) atoms. The van der Waals surface area contributed by atoms with Crippen molar-refractivity contribution in [3.8, 4) is 0 Å². The Morgan fingerprint density at radius 3 is 2.95 bits per heavy atom. The van der Waals surface area contributed by atoms with Crippen LogP contribution in [0.1, 0.15) is 5.56 Å². The summed E-state index contributed by atoms with van der Waals surface area (Å²) < 4.78 is 0.907. The average Bonchev–Trinajstić information content (AvgIpc) is 2.96. The third kappa shape index (κ3) is 2.78. The number of aromatic nitrogens is 3. The minimum absolute atomic E-state index is 0.303. The molecule has 0 saturated heterocycles. The Hall–Kier alpha value is -2.45. The van der Waals surface area contributed by atoms with Gasteiger partial charge in [0.2, 0.25) is 5.95 Å². The van der Waals surface area contributed by atoms with Crippen LogP contribution in [0.15, 0.2) is 46.0 Å². The van der Waals surface area contributed by atoms with Crippen molar-refractivity contribution < 1.29 is 5.21 Å². The summed E-state index contributed by atoms with van der Waals surface area (Å²) in [5.74, 6) is 0.895. The van der Waals surface area contributed by atoms with Crippen molar-refractivity contribution in [3.63, 3.8) is 0 Å². The lowest BCUT2D eigenvalue weighted by atomic mass is 10.2. The Kier molecular flexibility index (Phi) is 4.03. The zero-order chi connectivity index (χ0) is 15.5. The van der Waals surface area contributed by atoms with Gasteiger partial charge >= 0.3 is 0 Å². The van der Waals surface area contributed by atoms with Gasteiger partial charge in [0.05, 0.1) is 11.2 Å². The zero-order valence-corrected chi connectivity index (χ0v) is 13.2. The van der Waals surface area contributed by atoms with Crippen molar-refractivity contribution in [1.82, 2.24) is 20.4 Å². The molecule has 1 aromatic carbocycles. The van der Waals surface area contributed by atoms with Crippen LogP contribution >= 0.6 is 15.9 Å². The average molecular weight is 361 g/mol. The first-order valence-corrected chi connectivity index (χ1v) is 7.28. The highest BCUT2D eigenvalue weighted by Gasteiger charge is 2.12. The molecule has 0 unspecified atom stereocenters. The second kappa shape index (κ2) is 6.12. The number of halogens is 1. The quantitative estimate of drug-likeness (QED) is 0.327. The predicted molar refractivity (Wildman–Crippen MR) is 88.7 cm³/mol. The summed E-state index contributed by atoms with van der Waals surface area (Å²) >= 11 is 3.40. The van der Waals surface area contributed by atoms with Gasteiger partial charge in [-0.3, -0.25) is 10.7 Å². The van der Waals surface area contributed by atoms with E-state index in [4.69, 9.17) is 0 Å². The van der Waals surface area contributed by atoms with E-state index >= 15 is 0 Å². The summed E-state index contributed by atoms with van der Waals surface area (Å²) in [6.07, 6.45) is 1.62. The molecule has 0 atom stereocenters. The molecule has 2 aromatic heterocycles. The summed E-state index contributed by atoms with van der Waals surface area (Å²) in [5, 5.41) is 12.4. The topological polar surface area (TPSA) is 98.2 Å². The molecular formula is C14H13BrN6O. The van der Waals surface area contributed by atoms with Crippen molar-refractivity contribution in [1.29, 1.82) is 0 Å². The van der Waals surface area contributed by atoms with Crippen LogP contribution in [-0.2, 0) is 0 Å². The number of aliphatic imine (C=N–C) groups is 1. The molecule has 112 valence electrons. The number of pyridine rings is 1. The van der Waals surface area contributed by atoms with E-state index in [9.17, 15) is 5.21 Å². The number of rotatable bonds is 3. The summed E-state index contributed by atoms with van der Waals surface area (Å²) in [4.78, 5) is 16.0. The third-order valence-electron chi connectivity index (χ3n) is 3.04. The van der Waals surface area contributed by atoms with Crippen LogP contribution in [0.3, 0.4) is 0 Å². The first kappa shape index (κ1) is 14.5. The van der Waals surface area contributed by atoms with Gasteiger partial charge in [0.1, 0.15) is 0 Å². The number of nitrogens with one attached hydrogen (secondary N) is 3. The van der Waals surface area contributed by atoms with Crippen molar-refractivity contribution in [3.05, 3.63) is 46.6 Å². The smallest absolute Gasteiger partial charge is 0.202 e. The number of imidazole rings is 1. The molecule has 0 spiro atoms. The minimum Gasteiger partial charge on any atom is -0.359 e. The van der Waals surface area contributed by atoms with E-state index in [1.54, 1.807) is 19.3 Å². The van der Waals surface area contributed by atoms with Crippen molar-refractivity contribution in [2.75, 3.05) is 12.4 Å². The van der Waals surface area contributed by atoms with Gasteiger partial charge in [-0.25, -0.2) is 9.98 Å². The number of fused-ring (bicyclic) bond motifs is 1. The monoisotopic (exact) mass is 360 g/mol. The maximum atomic E-state index is 9.47. The highest BCUT2D eigenvalue weighted by Crippen LogP contribution is 2.21. The fourth-order valence-corrected chi connectivity index (χ4v) is 2.43. The van der Waals surface area contributed by atoms with Crippen LogP contribution in [-0.4, -0.2) is 33.0 Å². The standard InChI is InChI=1S/C14H13BrN6O/c1-16-14-19-11-10(5-6-17-13(11)20-14)12(21-22)18-9-4-2-3-8(15)7-9/h2-7,22H,1H3,(H,18,21)(H2,16,17,19,20). The lowest BCUT2D eigenvalue weighted by molar-refractivity contribution is 0.235. The largest absolute Gasteiger partial charge is 0.359 e. The third-order valence-corrected chi connectivity index (χ3v) is 3.53. The van der Waals surface area contributed by atoms with E-state index in [1.165, 1.54) is 0 Å². The van der Waals surface area contributed by atoms with E-state index in [1.807, 2.05) is 24.3 Å². The van der Waals surface area contributed by atoms with E-state index in [2.05, 4.69) is 46.7 Å². The molecule has 0 saturated carbocycles. The molecule has 3 rings (SSSR count). The minimum atomic E-state index is 0.303. The predicted octanol–water partition coefficient (Wildman–Crippen LogP) is 2.82. The van der Waals surface area contributed by atoms with Crippen LogP contribution < -0.4 is 10.8 Å². The molecule has 4 N–H and O–H groups in total. The number of amidine groups is 1. The Balaban J connectivity index is 2.12. The first-order valence-electron chi connectivity index (χ1n) is 6.48. The molecule has 0 aliphatic rings. The number of benzene rings is 1. The van der Waals surface area contributed by atoms with Crippen molar-refractivity contribution in [2.24, 2.45) is 4.99 Å². The van der Waals surface area contributed by atoms with Crippen LogP contribution in [0.5, 0.6) is 0 Å². The maximum absolute atomic E-state index is 9.47. The van der Waals surface area contributed by atoms with Gasteiger partial charge in [-0.15, -0.1) is 0 Å². The number of hydrogen-bond donors (Lipinski definition) is 4. The molecule has 3 aromatic rings. The normalized spacial score (nSPS) is 11.7. The number of H-pyrrole nitrogens is 1. The molecule has 0 bridgehead atoms. The van der Waals surface area contributed by atoms with Crippen LogP contribution in [0.25, 0.3) is 11.2 Å². The SMILES string of the molecule is CNc1nc2nccc(C(=Nc3cccc(Br)c3)NO)c2[nH]1. The van der Waals surface area contributed by atoms with E-state index in [0.717, 1.165) is 4.47 Å². The number of hydrogen-bond acceptors (Lipinski definition) is 5. The number of aromatic amines is 1. The molecular weight excluding hydrogens is 348 g/mol. The molecule has 0 aliphatic carbocycles. The summed E-state index contributed by atoms with van der Waals surface area (Å²) in [7, 11) is 1.76. The lowest BCUT2D eigenvalue weighted by Gasteiger charge is -2.06. The van der Waals surface area contributed by atoms with Gasteiger partial charge in [0.25, 0.3) is 0 Å². The highest BCUT2D eigenvalue weighted by atomic mass is 79.9. The van der Waals surface area contributed by atoms with Gasteiger partial charge < -0.3 is 10.3 Å². The summed E-state index contributed by atoms with van der Waals surface area (Å²) in [6.45, 7) is 0. The number of nitrogens with zero attached hydrogens (tertiary/aromatic N) is 3. The lowest BCUT2D eigenvalue weighted by Crippen LogP contribution is -2.20. The fourth-order valence-electron chi connectivity index (χ4n) is 2.05. The number of hydroxylamine groups is 1. The Morgan fingerprint density at radius 2 is 2.23 bits per heavy atom. The summed E-state index contributed by atoms with van der Waals surface area (Å²) in [5.41, 5.74) is 4.73. The van der Waals surface area contributed by atoms with E-state index in [0.29, 0.717) is 34.2 Å². The van der Waals surface area contributed by atoms with E-state index < -0.39 is 0 Å². The van der Waals surface area contributed by atoms with Crippen molar-refractivity contribution in [2.45, 2.75) is 0 Å². The molecule has 2 heterocycles. The molecule has 0 aliphatic heterocycles. The van der Waals surface area contributed by atoms with Gasteiger partial charge in [0.15, 0.2) is 11.5 Å². The molecule has 8 heteroatoms. The van der Waals surface area contributed by atoms with Gasteiger partial charge in [-0.2, -0.15) is 4.98 Å². The van der Waals surface area contributed by atoms with Gasteiger partial charge in [0, 0.05) is 23.3 Å². The van der Waals surface area contributed by atoms with Crippen LogP contribution in [0.4, 0.5) is 11.6 Å². The molecule has 7 nitrogen and oxygen atoms in total. The molecule has 0 amide bonds. The first-order chi connectivity index (χ1) is 10.7. The molecule has 0 radical (unpaired) electrons. The van der Waals surface area contributed by atoms with Crippen molar-refractivity contribution >= 4 is 44.6 Å². The zero-order valence-electron chi connectivity index (χ0n) is 11.6. The summed E-state index contributed by atoms with van der Waals surface area (Å²) in [6, 6.07) is 9.22. The van der Waals surface area contributed by atoms with Gasteiger partial charge in [-0.05, 0) is 24.3 Å². The van der Waals surface area contributed by atoms with Gasteiger partial charge in [-0.1, -0.05) is 22.0 Å². The second-order valence-corrected chi connectivity index (χ2v) is 5.36. The fraction of sp³-hybridized carbons (Fsp3) is 0.0714. The highest BCUT2D eigenvalue weighted by molar-refractivity contribution is 9.10. The Labute approximate surface area is 134 Å². The molecule has 0 fully saturated rings. The van der Waals surface area contributed by atoms with E-state index in [-0.39, 0.29) is 0 Å². The Morgan fingerprint density at radius 1 is 1.36 bits per heavy atom. The van der Waals surface area contributed by atoms with Crippen LogP contribution in [0.2, 0.25) is 0 Å².